The molecule has 116 valence electrons. The van der Waals surface area contributed by atoms with Crippen molar-refractivity contribution in [1.82, 2.24) is 4.90 Å². The Balaban J connectivity index is 2.17. The molecule has 0 radical (unpaired) electrons. The van der Waals surface area contributed by atoms with E-state index in [2.05, 4.69) is 0 Å². The fourth-order valence-electron chi connectivity index (χ4n) is 2.34. The highest BCUT2D eigenvalue weighted by atomic mass is 32.2. The molecule has 0 aromatic heterocycles. The van der Waals surface area contributed by atoms with Crippen LogP contribution in [-0.4, -0.2) is 56.7 Å². The smallest absolute Gasteiger partial charge is 0.227 e. The maximum Gasteiger partial charge on any atom is 0.227 e. The van der Waals surface area contributed by atoms with Crippen molar-refractivity contribution in [2.24, 2.45) is 0 Å². The summed E-state index contributed by atoms with van der Waals surface area (Å²) < 4.78 is 15.9. The fraction of sp³-hybridized carbons (Fsp3) is 0.533. The zero-order valence-corrected chi connectivity index (χ0v) is 13.5. The first kappa shape index (κ1) is 15.8. The van der Waals surface area contributed by atoms with Gasteiger partial charge in [0.15, 0.2) is 11.5 Å². The van der Waals surface area contributed by atoms with E-state index in [4.69, 9.17) is 14.2 Å². The molecule has 5 nitrogen and oxygen atoms in total. The van der Waals surface area contributed by atoms with E-state index in [9.17, 15) is 4.79 Å². The van der Waals surface area contributed by atoms with Gasteiger partial charge in [-0.05, 0) is 17.7 Å². The van der Waals surface area contributed by atoms with E-state index in [1.54, 1.807) is 21.3 Å². The van der Waals surface area contributed by atoms with Crippen molar-refractivity contribution in [2.45, 2.75) is 6.42 Å². The number of nitrogens with zero attached hydrogens (tertiary/aromatic N) is 1. The van der Waals surface area contributed by atoms with Gasteiger partial charge in [0.25, 0.3) is 0 Å². The average Bonchev–Trinajstić information content (AvgIpc) is 2.54. The number of methoxy groups -OCH3 is 3. The minimum absolute atomic E-state index is 0.143. The van der Waals surface area contributed by atoms with Gasteiger partial charge in [0, 0.05) is 24.6 Å². The molecule has 2 rings (SSSR count). The zero-order valence-electron chi connectivity index (χ0n) is 12.7. The second kappa shape index (κ2) is 7.45. The molecule has 21 heavy (non-hydrogen) atoms. The van der Waals surface area contributed by atoms with Crippen molar-refractivity contribution in [1.29, 1.82) is 0 Å². The van der Waals surface area contributed by atoms with Crippen LogP contribution in [0.5, 0.6) is 17.2 Å². The summed E-state index contributed by atoms with van der Waals surface area (Å²) in [5, 5.41) is 0. The molecular formula is C15H21NO4S. The second-order valence-electron chi connectivity index (χ2n) is 4.70. The number of carbonyl (C=O) groups is 1. The lowest BCUT2D eigenvalue weighted by Crippen LogP contribution is -2.38. The molecule has 0 spiro atoms. The normalized spacial score (nSPS) is 14.7. The van der Waals surface area contributed by atoms with E-state index >= 15 is 0 Å². The van der Waals surface area contributed by atoms with Gasteiger partial charge in [-0.2, -0.15) is 11.8 Å². The van der Waals surface area contributed by atoms with E-state index < -0.39 is 0 Å². The Morgan fingerprint density at radius 3 is 2.14 bits per heavy atom. The SMILES string of the molecule is COc1cc(CC(=O)N2CCSCC2)cc(OC)c1OC. The van der Waals surface area contributed by atoms with Crippen molar-refractivity contribution < 1.29 is 19.0 Å². The standard InChI is InChI=1S/C15H21NO4S/c1-18-12-8-11(9-13(19-2)15(12)20-3)10-14(17)16-4-6-21-7-5-16/h8-9H,4-7,10H2,1-3H3. The van der Waals surface area contributed by atoms with Crippen LogP contribution in [-0.2, 0) is 11.2 Å². The molecule has 1 aliphatic rings. The van der Waals surface area contributed by atoms with Gasteiger partial charge in [-0.3, -0.25) is 4.79 Å². The van der Waals surface area contributed by atoms with Crippen molar-refractivity contribution in [3.63, 3.8) is 0 Å². The van der Waals surface area contributed by atoms with Crippen molar-refractivity contribution in [2.75, 3.05) is 45.9 Å². The molecule has 0 atom stereocenters. The number of carbonyl (C=O) groups excluding carboxylic acids is 1. The van der Waals surface area contributed by atoms with E-state index in [1.165, 1.54) is 0 Å². The summed E-state index contributed by atoms with van der Waals surface area (Å²) in [6, 6.07) is 3.66. The predicted molar refractivity (Wildman–Crippen MR) is 83.7 cm³/mol. The van der Waals surface area contributed by atoms with Crippen LogP contribution >= 0.6 is 11.8 Å². The third-order valence-electron chi connectivity index (χ3n) is 3.44. The number of ether oxygens (including phenoxy) is 3. The molecular weight excluding hydrogens is 290 g/mol. The molecule has 1 aromatic carbocycles. The monoisotopic (exact) mass is 311 g/mol. The summed E-state index contributed by atoms with van der Waals surface area (Å²) in [7, 11) is 4.71. The molecule has 1 saturated heterocycles. The zero-order chi connectivity index (χ0) is 15.2. The Kier molecular flexibility index (Phi) is 5.61. The number of hydrogen-bond acceptors (Lipinski definition) is 5. The van der Waals surface area contributed by atoms with Gasteiger partial charge in [-0.1, -0.05) is 0 Å². The highest BCUT2D eigenvalue weighted by Crippen LogP contribution is 2.38. The van der Waals surface area contributed by atoms with E-state index in [0.29, 0.717) is 23.7 Å². The average molecular weight is 311 g/mol. The Hall–Kier alpha value is -1.56. The van der Waals surface area contributed by atoms with Crippen LogP contribution in [0.1, 0.15) is 5.56 Å². The van der Waals surface area contributed by atoms with Gasteiger partial charge in [0.05, 0.1) is 27.8 Å². The van der Waals surface area contributed by atoms with Gasteiger partial charge < -0.3 is 19.1 Å². The van der Waals surface area contributed by atoms with Crippen LogP contribution in [0.2, 0.25) is 0 Å². The van der Waals surface area contributed by atoms with Crippen LogP contribution in [0.25, 0.3) is 0 Å². The lowest BCUT2D eigenvalue weighted by molar-refractivity contribution is -0.130. The number of benzene rings is 1. The lowest BCUT2D eigenvalue weighted by Gasteiger charge is -2.26. The van der Waals surface area contributed by atoms with E-state index in [0.717, 1.165) is 30.2 Å². The van der Waals surface area contributed by atoms with Crippen LogP contribution in [0.4, 0.5) is 0 Å². The van der Waals surface area contributed by atoms with Gasteiger partial charge in [-0.15, -0.1) is 0 Å². The molecule has 1 aromatic rings. The molecule has 0 bridgehead atoms. The Morgan fingerprint density at radius 2 is 1.67 bits per heavy atom. The highest BCUT2D eigenvalue weighted by Gasteiger charge is 2.19. The van der Waals surface area contributed by atoms with Gasteiger partial charge >= 0.3 is 0 Å². The highest BCUT2D eigenvalue weighted by molar-refractivity contribution is 7.99. The number of hydrogen-bond donors (Lipinski definition) is 0. The molecule has 6 heteroatoms. The quantitative estimate of drug-likeness (QED) is 0.830. The van der Waals surface area contributed by atoms with Crippen LogP contribution in [0.15, 0.2) is 12.1 Å². The summed E-state index contributed by atoms with van der Waals surface area (Å²) in [5.41, 5.74) is 0.868. The van der Waals surface area contributed by atoms with Gasteiger partial charge in [-0.25, -0.2) is 0 Å². The predicted octanol–water partition coefficient (Wildman–Crippen LogP) is 1.83. The maximum absolute atomic E-state index is 12.3. The Bertz CT molecular complexity index is 475. The Morgan fingerprint density at radius 1 is 1.10 bits per heavy atom. The summed E-state index contributed by atoms with van der Waals surface area (Å²) in [6.07, 6.45) is 0.349. The molecule has 1 fully saturated rings. The molecule has 1 aliphatic heterocycles. The molecule has 0 N–H and O–H groups in total. The van der Waals surface area contributed by atoms with Gasteiger partial charge in [0.2, 0.25) is 11.7 Å². The number of rotatable bonds is 5. The summed E-state index contributed by atoms with van der Waals surface area (Å²) in [4.78, 5) is 14.2. The van der Waals surface area contributed by atoms with Crippen LogP contribution in [0.3, 0.4) is 0 Å². The lowest BCUT2D eigenvalue weighted by atomic mass is 10.1. The van der Waals surface area contributed by atoms with Crippen molar-refractivity contribution >= 4 is 17.7 Å². The Labute approximate surface area is 129 Å². The molecule has 1 heterocycles. The summed E-state index contributed by atoms with van der Waals surface area (Å²) in [6.45, 7) is 1.65. The maximum atomic E-state index is 12.3. The largest absolute Gasteiger partial charge is 0.493 e. The minimum Gasteiger partial charge on any atom is -0.493 e. The third kappa shape index (κ3) is 3.75. The van der Waals surface area contributed by atoms with Gasteiger partial charge in [0.1, 0.15) is 0 Å². The third-order valence-corrected chi connectivity index (χ3v) is 4.39. The van der Waals surface area contributed by atoms with E-state index in [1.807, 2.05) is 28.8 Å². The molecule has 1 amide bonds. The number of thioether (sulfide) groups is 1. The van der Waals surface area contributed by atoms with E-state index in [-0.39, 0.29) is 5.91 Å². The van der Waals surface area contributed by atoms with Crippen LogP contribution < -0.4 is 14.2 Å². The molecule has 0 aliphatic carbocycles. The van der Waals surface area contributed by atoms with Crippen molar-refractivity contribution in [3.05, 3.63) is 17.7 Å². The fourth-order valence-corrected chi connectivity index (χ4v) is 3.24. The minimum atomic E-state index is 0.143. The second-order valence-corrected chi connectivity index (χ2v) is 5.93. The summed E-state index contributed by atoms with van der Waals surface area (Å²) >= 11 is 1.89. The topological polar surface area (TPSA) is 48.0 Å². The first-order chi connectivity index (χ1) is 10.2. The molecule has 0 unspecified atom stereocenters. The summed E-state index contributed by atoms with van der Waals surface area (Å²) in [5.74, 6) is 3.87. The van der Waals surface area contributed by atoms with Crippen LogP contribution in [0, 0.1) is 0 Å². The first-order valence-electron chi connectivity index (χ1n) is 6.84. The first-order valence-corrected chi connectivity index (χ1v) is 7.99. The van der Waals surface area contributed by atoms with Crippen molar-refractivity contribution in [3.8, 4) is 17.2 Å². The number of amides is 1. The molecule has 0 saturated carbocycles.